The van der Waals surface area contributed by atoms with Crippen molar-refractivity contribution in [2.24, 2.45) is 0 Å². The first-order chi connectivity index (χ1) is 22.7. The van der Waals surface area contributed by atoms with Gasteiger partial charge in [0.2, 0.25) is 0 Å². The van der Waals surface area contributed by atoms with Crippen LogP contribution in [0.5, 0.6) is 5.75 Å². The fourth-order valence-electron chi connectivity index (χ4n) is 5.16. The average Bonchev–Trinajstić information content (AvgIpc) is 3.01. The van der Waals surface area contributed by atoms with Crippen LogP contribution < -0.4 is 4.74 Å². The van der Waals surface area contributed by atoms with Crippen molar-refractivity contribution >= 4 is 11.6 Å². The molecule has 0 unspecified atom stereocenters. The maximum atomic E-state index is 15.1. The molecule has 0 saturated carbocycles. The topological polar surface area (TPSA) is 9.23 Å². The summed E-state index contributed by atoms with van der Waals surface area (Å²) in [5.41, 5.74) is -2.81. The molecule has 0 radical (unpaired) electrons. The second-order valence-corrected chi connectivity index (χ2v) is 11.3. The smallest absolute Gasteiger partial charge is 0.423 e. The zero-order chi connectivity index (χ0) is 34.9. The highest BCUT2D eigenvalue weighted by Crippen LogP contribution is 2.41. The molecule has 0 bridgehead atoms. The molecule has 5 aromatic rings. The minimum absolute atomic E-state index is 0.0359. The number of alkyl halides is 2. The first kappa shape index (κ1) is 34.8. The summed E-state index contributed by atoms with van der Waals surface area (Å²) in [6.45, 7) is 2.07. The fraction of sp³-hybridized carbons (Fsp3) is 0.167. The van der Waals surface area contributed by atoms with Crippen molar-refractivity contribution in [3.05, 3.63) is 135 Å². The average molecular weight is 697 g/mol. The molecule has 1 nitrogen and oxygen atoms in total. The normalized spacial score (nSPS) is 11.7. The van der Waals surface area contributed by atoms with E-state index < -0.39 is 91.2 Å². The van der Waals surface area contributed by atoms with Crippen molar-refractivity contribution in [1.82, 2.24) is 0 Å². The van der Waals surface area contributed by atoms with E-state index in [1.807, 2.05) is 0 Å². The zero-order valence-electron chi connectivity index (χ0n) is 24.8. The van der Waals surface area contributed by atoms with E-state index in [1.54, 1.807) is 24.3 Å². The number of aryl methyl sites for hydroxylation is 1. The van der Waals surface area contributed by atoms with Gasteiger partial charge in [-0.05, 0) is 89.2 Å². The Kier molecular flexibility index (Phi) is 10.1. The Morgan fingerprint density at radius 2 is 1.06 bits per heavy atom. The highest BCUT2D eigenvalue weighted by atomic mass is 35.5. The maximum absolute atomic E-state index is 15.1. The van der Waals surface area contributed by atoms with E-state index >= 15 is 22.0 Å². The van der Waals surface area contributed by atoms with Gasteiger partial charge < -0.3 is 4.74 Å². The van der Waals surface area contributed by atoms with Gasteiger partial charge in [0.1, 0.15) is 17.5 Å². The molecule has 0 saturated heterocycles. The van der Waals surface area contributed by atoms with Crippen molar-refractivity contribution in [2.45, 2.75) is 38.7 Å². The SMILES string of the molecule is CCCCCc1ccc(-c2cc(F)c(OC(F)(F)c3cc(F)c(-c4cc(F)c(-c5cc(F)c(F)c(F)c5)c(Cl)c4)c(F)c3)c(F)c2)cc1. The lowest BCUT2D eigenvalue weighted by atomic mass is 9.97. The van der Waals surface area contributed by atoms with E-state index in [-0.39, 0.29) is 17.7 Å². The van der Waals surface area contributed by atoms with Crippen LogP contribution in [0, 0.1) is 46.5 Å². The summed E-state index contributed by atoms with van der Waals surface area (Å²) in [5.74, 6) is -14.3. The highest BCUT2D eigenvalue weighted by Gasteiger charge is 2.38. The Hall–Kier alpha value is -4.51. The van der Waals surface area contributed by atoms with Crippen molar-refractivity contribution < 1.29 is 48.6 Å². The van der Waals surface area contributed by atoms with E-state index in [0.717, 1.165) is 49.4 Å². The molecule has 0 aliphatic heterocycles. The molecule has 0 aliphatic carbocycles. The van der Waals surface area contributed by atoms with Crippen LogP contribution in [0.25, 0.3) is 33.4 Å². The van der Waals surface area contributed by atoms with Gasteiger partial charge in [0, 0.05) is 5.56 Å². The van der Waals surface area contributed by atoms with Crippen LogP contribution in [0.15, 0.2) is 72.8 Å². The third kappa shape index (κ3) is 7.16. The molecule has 250 valence electrons. The van der Waals surface area contributed by atoms with Gasteiger partial charge in [0.25, 0.3) is 0 Å². The summed E-state index contributed by atoms with van der Waals surface area (Å²) in [7, 11) is 0. The Morgan fingerprint density at radius 1 is 0.562 bits per heavy atom. The van der Waals surface area contributed by atoms with Crippen LogP contribution in [-0.2, 0) is 12.5 Å². The van der Waals surface area contributed by atoms with Crippen molar-refractivity contribution in [3.63, 3.8) is 0 Å². The summed E-state index contributed by atoms with van der Waals surface area (Å²) in [6.07, 6.45) is -0.778. The fourth-order valence-corrected chi connectivity index (χ4v) is 5.48. The second-order valence-electron chi connectivity index (χ2n) is 10.9. The standard InChI is InChI=1S/C36H23ClF10O/c1-2-3-4-5-18-6-8-19(9-7-18)20-11-30(43)35(31(44)12-20)48-36(46,47)23-16-26(39)33(27(40)17-23)21-10-24(37)32(25(38)13-21)22-14-28(41)34(45)29(42)15-22/h6-17H,2-5H2,1H3. The van der Waals surface area contributed by atoms with E-state index in [1.165, 1.54) is 0 Å². The summed E-state index contributed by atoms with van der Waals surface area (Å²) >= 11 is 6.04. The zero-order valence-corrected chi connectivity index (χ0v) is 25.6. The van der Waals surface area contributed by atoms with Crippen LogP contribution in [-0.4, -0.2) is 0 Å². The number of ether oxygens (including phenoxy) is 1. The predicted octanol–water partition coefficient (Wildman–Crippen LogP) is 12.3. The van der Waals surface area contributed by atoms with Gasteiger partial charge in [0.15, 0.2) is 34.8 Å². The van der Waals surface area contributed by atoms with Gasteiger partial charge in [-0.3, -0.25) is 0 Å². The highest BCUT2D eigenvalue weighted by molar-refractivity contribution is 6.33. The molecular formula is C36H23ClF10O. The molecule has 0 fully saturated rings. The van der Waals surface area contributed by atoms with Crippen LogP contribution in [0.1, 0.15) is 37.3 Å². The molecule has 0 atom stereocenters. The van der Waals surface area contributed by atoms with Gasteiger partial charge in [-0.2, -0.15) is 8.78 Å². The molecule has 48 heavy (non-hydrogen) atoms. The number of benzene rings is 5. The lowest BCUT2D eigenvalue weighted by Gasteiger charge is -2.20. The van der Waals surface area contributed by atoms with Crippen LogP contribution >= 0.6 is 11.6 Å². The third-order valence-corrected chi connectivity index (χ3v) is 7.86. The molecule has 5 aromatic carbocycles. The molecule has 0 aliphatic rings. The number of halogens is 11. The van der Waals surface area contributed by atoms with Crippen molar-refractivity contribution in [3.8, 4) is 39.1 Å². The molecule has 0 N–H and O–H groups in total. The molecule has 0 aromatic heterocycles. The van der Waals surface area contributed by atoms with Crippen molar-refractivity contribution in [2.75, 3.05) is 0 Å². The van der Waals surface area contributed by atoms with Gasteiger partial charge in [-0.15, -0.1) is 0 Å². The van der Waals surface area contributed by atoms with Crippen molar-refractivity contribution in [1.29, 1.82) is 0 Å². The molecule has 0 heterocycles. The number of rotatable bonds is 10. The van der Waals surface area contributed by atoms with E-state index in [2.05, 4.69) is 11.7 Å². The maximum Gasteiger partial charge on any atom is 0.427 e. The summed E-state index contributed by atoms with van der Waals surface area (Å²) in [4.78, 5) is 0. The van der Waals surface area contributed by atoms with Gasteiger partial charge in [-0.1, -0.05) is 55.6 Å². The first-order valence-corrected chi connectivity index (χ1v) is 14.9. The predicted molar refractivity (Wildman–Crippen MR) is 162 cm³/mol. The summed E-state index contributed by atoms with van der Waals surface area (Å²) < 4.78 is 150. The lowest BCUT2D eigenvalue weighted by molar-refractivity contribution is -0.188. The first-order valence-electron chi connectivity index (χ1n) is 14.5. The monoisotopic (exact) mass is 696 g/mol. The molecule has 5 rings (SSSR count). The molecular weight excluding hydrogens is 674 g/mol. The van der Waals surface area contributed by atoms with E-state index in [0.29, 0.717) is 23.8 Å². The van der Waals surface area contributed by atoms with E-state index in [9.17, 15) is 22.0 Å². The minimum atomic E-state index is -4.66. The van der Waals surface area contributed by atoms with Gasteiger partial charge in [-0.25, -0.2) is 35.1 Å². The lowest BCUT2D eigenvalue weighted by Crippen LogP contribution is -2.24. The number of hydrogen-bond donors (Lipinski definition) is 0. The molecule has 12 heteroatoms. The Balaban J connectivity index is 1.41. The summed E-state index contributed by atoms with van der Waals surface area (Å²) in [5, 5.41) is -0.607. The van der Waals surface area contributed by atoms with E-state index in [4.69, 9.17) is 11.6 Å². The van der Waals surface area contributed by atoms with Gasteiger partial charge >= 0.3 is 6.11 Å². The molecule has 0 amide bonds. The largest absolute Gasteiger partial charge is 0.427 e. The Labute approximate surface area is 273 Å². The minimum Gasteiger partial charge on any atom is -0.423 e. The molecule has 0 spiro atoms. The Bertz CT molecular complexity index is 1900. The van der Waals surface area contributed by atoms with Gasteiger partial charge in [0.05, 0.1) is 16.1 Å². The summed E-state index contributed by atoms with van der Waals surface area (Å²) in [6, 6.07) is 10.8. The second kappa shape index (κ2) is 13.9. The third-order valence-electron chi connectivity index (χ3n) is 7.57. The number of hydrogen-bond acceptors (Lipinski definition) is 1. The van der Waals surface area contributed by atoms with Crippen LogP contribution in [0.2, 0.25) is 5.02 Å². The van der Waals surface area contributed by atoms with Crippen LogP contribution in [0.4, 0.5) is 43.9 Å². The quantitative estimate of drug-likeness (QED) is 0.0802. The van der Waals surface area contributed by atoms with Crippen LogP contribution in [0.3, 0.4) is 0 Å². The number of unbranched alkanes of at least 4 members (excludes halogenated alkanes) is 2. The Morgan fingerprint density at radius 3 is 1.60 bits per heavy atom.